The highest BCUT2D eigenvalue weighted by atomic mass is 19.1. The van der Waals surface area contributed by atoms with Gasteiger partial charge in [0.2, 0.25) is 0 Å². The van der Waals surface area contributed by atoms with Gasteiger partial charge in [-0.25, -0.2) is 8.78 Å². The van der Waals surface area contributed by atoms with Crippen LogP contribution in [0.5, 0.6) is 0 Å². The number of benzene rings is 2. The lowest BCUT2D eigenvalue weighted by Gasteiger charge is -2.22. The van der Waals surface area contributed by atoms with Crippen LogP contribution in [0.3, 0.4) is 0 Å². The number of anilines is 2. The highest BCUT2D eigenvalue weighted by Gasteiger charge is 2.23. The van der Waals surface area contributed by atoms with E-state index in [0.29, 0.717) is 16.3 Å². The van der Waals surface area contributed by atoms with Crippen molar-refractivity contribution in [3.8, 4) is 5.69 Å². The Kier molecular flexibility index (Phi) is 6.26. The number of carbonyl (C=O) groups excluding carboxylic acids is 1. The molecule has 1 aliphatic heterocycles. The minimum Gasteiger partial charge on any atom is -0.369 e. The summed E-state index contributed by atoms with van der Waals surface area (Å²) in [7, 11) is 0. The summed E-state index contributed by atoms with van der Waals surface area (Å²) in [6, 6.07) is 9.19. The lowest BCUT2D eigenvalue weighted by atomic mass is 10.1. The molecule has 10 heteroatoms. The van der Waals surface area contributed by atoms with Crippen molar-refractivity contribution >= 4 is 28.2 Å². The van der Waals surface area contributed by atoms with Crippen LogP contribution in [0.2, 0.25) is 0 Å². The van der Waals surface area contributed by atoms with Crippen molar-refractivity contribution < 1.29 is 13.6 Å². The van der Waals surface area contributed by atoms with Gasteiger partial charge in [0.05, 0.1) is 16.9 Å². The van der Waals surface area contributed by atoms with Crippen LogP contribution in [0, 0.1) is 17.6 Å². The standard InChI is InChI=1S/C26H26F2N6O2/c1-16(2)14-33-15-17-20(30-33)8-9-21(24(17)32-12-3-4-13-32)29-26(36)22-10-11-23(35)34(31-22)25-18(27)6-5-7-19(25)28/h5-11,15-16H,3-4,12-14H2,1-2H3,(H,29,36). The molecule has 3 heterocycles. The summed E-state index contributed by atoms with van der Waals surface area (Å²) in [6.07, 6.45) is 4.09. The zero-order valence-corrected chi connectivity index (χ0v) is 20.0. The van der Waals surface area contributed by atoms with Gasteiger partial charge in [0, 0.05) is 37.3 Å². The maximum absolute atomic E-state index is 14.3. The smallest absolute Gasteiger partial charge is 0.276 e. The predicted molar refractivity (Wildman–Crippen MR) is 134 cm³/mol. The highest BCUT2D eigenvalue weighted by molar-refractivity contribution is 6.08. The van der Waals surface area contributed by atoms with E-state index in [-0.39, 0.29) is 5.69 Å². The fourth-order valence-corrected chi connectivity index (χ4v) is 4.55. The van der Waals surface area contributed by atoms with E-state index in [1.165, 1.54) is 12.1 Å². The molecule has 1 saturated heterocycles. The van der Waals surface area contributed by atoms with Crippen molar-refractivity contribution in [2.75, 3.05) is 23.3 Å². The van der Waals surface area contributed by atoms with E-state index in [1.807, 2.05) is 16.9 Å². The molecular formula is C26H26F2N6O2. The average molecular weight is 493 g/mol. The molecule has 2 aromatic carbocycles. The van der Waals surface area contributed by atoms with Crippen molar-refractivity contribution in [1.29, 1.82) is 0 Å². The Morgan fingerprint density at radius 2 is 1.72 bits per heavy atom. The first-order chi connectivity index (χ1) is 17.3. The Morgan fingerprint density at radius 1 is 1.00 bits per heavy atom. The normalized spacial score (nSPS) is 13.6. The molecular weight excluding hydrogens is 466 g/mol. The first kappa shape index (κ1) is 23.7. The molecule has 1 fully saturated rings. The number of amides is 1. The first-order valence-electron chi connectivity index (χ1n) is 11.9. The van der Waals surface area contributed by atoms with E-state index >= 15 is 0 Å². The fraction of sp³-hybridized carbons (Fsp3) is 0.308. The van der Waals surface area contributed by atoms with Gasteiger partial charge in [-0.1, -0.05) is 19.9 Å². The summed E-state index contributed by atoms with van der Waals surface area (Å²) in [5, 5.41) is 12.5. The minimum absolute atomic E-state index is 0.153. The molecule has 0 spiro atoms. The molecule has 1 N–H and O–H groups in total. The van der Waals surface area contributed by atoms with E-state index in [0.717, 1.165) is 67.3 Å². The Balaban J connectivity index is 1.53. The van der Waals surface area contributed by atoms with Crippen LogP contribution in [0.15, 0.2) is 53.5 Å². The number of hydrogen-bond donors (Lipinski definition) is 1. The summed E-state index contributed by atoms with van der Waals surface area (Å²) in [5.41, 5.74) is 0.746. The Bertz CT molecular complexity index is 1480. The maximum atomic E-state index is 14.3. The van der Waals surface area contributed by atoms with Crippen molar-refractivity contribution in [2.45, 2.75) is 33.2 Å². The second-order valence-corrected chi connectivity index (χ2v) is 9.33. The van der Waals surface area contributed by atoms with Crippen LogP contribution in [0.4, 0.5) is 20.2 Å². The van der Waals surface area contributed by atoms with Crippen molar-refractivity contribution in [3.05, 3.63) is 76.3 Å². The molecule has 0 bridgehead atoms. The monoisotopic (exact) mass is 492 g/mol. The van der Waals surface area contributed by atoms with Gasteiger partial charge in [0.1, 0.15) is 11.4 Å². The van der Waals surface area contributed by atoms with Crippen LogP contribution in [0.25, 0.3) is 16.6 Å². The number of halogens is 2. The summed E-state index contributed by atoms with van der Waals surface area (Å²) < 4.78 is 31.1. The Labute approximate surface area is 206 Å². The van der Waals surface area contributed by atoms with E-state index in [2.05, 4.69) is 29.2 Å². The molecule has 0 unspecified atom stereocenters. The topological polar surface area (TPSA) is 85.0 Å². The maximum Gasteiger partial charge on any atom is 0.276 e. The number of aromatic nitrogens is 4. The van der Waals surface area contributed by atoms with Gasteiger partial charge in [-0.15, -0.1) is 0 Å². The second-order valence-electron chi connectivity index (χ2n) is 9.33. The lowest BCUT2D eigenvalue weighted by molar-refractivity contribution is 0.102. The van der Waals surface area contributed by atoms with Crippen LogP contribution in [-0.4, -0.2) is 38.6 Å². The average Bonchev–Trinajstić information content (AvgIpc) is 3.49. The van der Waals surface area contributed by atoms with Crippen molar-refractivity contribution in [3.63, 3.8) is 0 Å². The van der Waals surface area contributed by atoms with Crippen LogP contribution in [-0.2, 0) is 6.54 Å². The van der Waals surface area contributed by atoms with Gasteiger partial charge in [0.15, 0.2) is 11.6 Å². The molecule has 186 valence electrons. The van der Waals surface area contributed by atoms with Crippen LogP contribution in [0.1, 0.15) is 37.2 Å². The number of para-hydroxylation sites is 1. The van der Waals surface area contributed by atoms with Gasteiger partial charge in [-0.2, -0.15) is 14.9 Å². The van der Waals surface area contributed by atoms with Crippen molar-refractivity contribution in [2.24, 2.45) is 5.92 Å². The quantitative estimate of drug-likeness (QED) is 0.432. The van der Waals surface area contributed by atoms with Gasteiger partial charge >= 0.3 is 0 Å². The second kappa shape index (κ2) is 9.52. The molecule has 0 atom stereocenters. The molecule has 8 nitrogen and oxygen atoms in total. The van der Waals surface area contributed by atoms with E-state index < -0.39 is 28.8 Å². The SMILES string of the molecule is CC(C)Cn1cc2c(N3CCCC3)c(NC(=O)c3ccc(=O)n(-c4c(F)cccc4F)n3)ccc2n1. The molecule has 0 aliphatic carbocycles. The molecule has 1 aliphatic rings. The van der Waals surface area contributed by atoms with Gasteiger partial charge in [-0.3, -0.25) is 14.3 Å². The highest BCUT2D eigenvalue weighted by Crippen LogP contribution is 2.36. The molecule has 0 saturated carbocycles. The molecule has 5 rings (SSSR count). The molecule has 4 aromatic rings. The molecule has 36 heavy (non-hydrogen) atoms. The largest absolute Gasteiger partial charge is 0.369 e. The Hall–Kier alpha value is -4.08. The predicted octanol–water partition coefficient (Wildman–Crippen LogP) is 4.37. The van der Waals surface area contributed by atoms with E-state index in [1.54, 1.807) is 6.07 Å². The number of rotatable bonds is 6. The number of fused-ring (bicyclic) bond motifs is 1. The number of nitrogens with one attached hydrogen (secondary N) is 1. The van der Waals surface area contributed by atoms with Crippen LogP contribution >= 0.6 is 0 Å². The third-order valence-electron chi connectivity index (χ3n) is 6.11. The third-order valence-corrected chi connectivity index (χ3v) is 6.11. The number of hydrogen-bond acceptors (Lipinski definition) is 5. The van der Waals surface area contributed by atoms with Gasteiger partial charge < -0.3 is 10.2 Å². The Morgan fingerprint density at radius 3 is 2.42 bits per heavy atom. The first-order valence-corrected chi connectivity index (χ1v) is 11.9. The summed E-state index contributed by atoms with van der Waals surface area (Å²) >= 11 is 0. The summed E-state index contributed by atoms with van der Waals surface area (Å²) in [4.78, 5) is 27.8. The van der Waals surface area contributed by atoms with Gasteiger partial charge in [0.25, 0.3) is 11.5 Å². The van der Waals surface area contributed by atoms with E-state index in [4.69, 9.17) is 5.10 Å². The van der Waals surface area contributed by atoms with Crippen LogP contribution < -0.4 is 15.8 Å². The number of carbonyl (C=O) groups is 1. The summed E-state index contributed by atoms with van der Waals surface area (Å²) in [6.45, 7) is 6.73. The molecule has 1 amide bonds. The van der Waals surface area contributed by atoms with E-state index in [9.17, 15) is 18.4 Å². The molecule has 2 aromatic heterocycles. The van der Waals surface area contributed by atoms with Gasteiger partial charge in [-0.05, 0) is 49.1 Å². The summed E-state index contributed by atoms with van der Waals surface area (Å²) in [5.74, 6) is -2.09. The fourth-order valence-electron chi connectivity index (χ4n) is 4.55. The molecule has 0 radical (unpaired) electrons. The minimum atomic E-state index is -0.956. The number of nitrogens with zero attached hydrogens (tertiary/aromatic N) is 5. The van der Waals surface area contributed by atoms with Crippen molar-refractivity contribution in [1.82, 2.24) is 19.6 Å². The lowest BCUT2D eigenvalue weighted by Crippen LogP contribution is -2.27. The zero-order chi connectivity index (χ0) is 25.4. The zero-order valence-electron chi connectivity index (χ0n) is 20.0. The third kappa shape index (κ3) is 4.46.